The van der Waals surface area contributed by atoms with Crippen LogP contribution < -0.4 is 4.74 Å². The van der Waals surface area contributed by atoms with E-state index in [-0.39, 0.29) is 28.5 Å². The number of nitrogens with zero attached hydrogens (tertiary/aromatic N) is 3. The van der Waals surface area contributed by atoms with Crippen LogP contribution in [0.15, 0.2) is 85.3 Å². The molecule has 2 aromatic heterocycles. The zero-order valence-corrected chi connectivity index (χ0v) is 19.6. The molecule has 0 aliphatic heterocycles. The standard InChI is InChI=1S/C27H16Cl2FN3O2/c28-19-5-1-3-16(11-19)15-35-24-9-7-20(30)25(26(24)29)27(34)17-6-8-21-22(12-17)33-23(14-32-21)18-4-2-10-31-13-18/h1-14H,15H2. The Bertz CT molecular complexity index is 1560. The maximum absolute atomic E-state index is 14.8. The highest BCUT2D eigenvalue weighted by Crippen LogP contribution is 2.33. The maximum atomic E-state index is 14.8. The van der Waals surface area contributed by atoms with Gasteiger partial charge in [-0.2, -0.15) is 0 Å². The molecule has 5 rings (SSSR count). The van der Waals surface area contributed by atoms with E-state index in [0.29, 0.717) is 21.7 Å². The first-order valence-electron chi connectivity index (χ1n) is 10.6. The first kappa shape index (κ1) is 22.9. The van der Waals surface area contributed by atoms with Crippen molar-refractivity contribution in [1.82, 2.24) is 15.0 Å². The minimum atomic E-state index is -0.745. The molecule has 0 N–H and O–H groups in total. The Labute approximate surface area is 210 Å². The Kier molecular flexibility index (Phi) is 6.40. The Morgan fingerprint density at radius 3 is 2.63 bits per heavy atom. The molecule has 5 nitrogen and oxygen atoms in total. The van der Waals surface area contributed by atoms with Gasteiger partial charge in [-0.1, -0.05) is 35.3 Å². The monoisotopic (exact) mass is 503 g/mol. The Balaban J connectivity index is 1.47. The molecule has 172 valence electrons. The molecule has 0 saturated heterocycles. The SMILES string of the molecule is O=C(c1ccc2ncc(-c3cccnc3)nc2c1)c1c(F)ccc(OCc2cccc(Cl)c2)c1Cl. The van der Waals surface area contributed by atoms with Crippen LogP contribution in [0.4, 0.5) is 4.39 Å². The summed E-state index contributed by atoms with van der Waals surface area (Å²) in [4.78, 5) is 26.4. The summed E-state index contributed by atoms with van der Waals surface area (Å²) in [5, 5.41) is 0.463. The molecule has 35 heavy (non-hydrogen) atoms. The second-order valence-electron chi connectivity index (χ2n) is 7.68. The van der Waals surface area contributed by atoms with Crippen LogP contribution in [-0.2, 0) is 6.61 Å². The summed E-state index contributed by atoms with van der Waals surface area (Å²) in [6.07, 6.45) is 4.98. The van der Waals surface area contributed by atoms with Crippen LogP contribution >= 0.6 is 23.2 Å². The lowest BCUT2D eigenvalue weighted by Gasteiger charge is -2.12. The highest BCUT2D eigenvalue weighted by molar-refractivity contribution is 6.36. The van der Waals surface area contributed by atoms with Gasteiger partial charge >= 0.3 is 0 Å². The molecule has 3 aromatic carbocycles. The molecule has 5 aromatic rings. The number of carbonyl (C=O) groups excluding carboxylic acids is 1. The van der Waals surface area contributed by atoms with E-state index in [4.69, 9.17) is 27.9 Å². The molecule has 0 radical (unpaired) electrons. The van der Waals surface area contributed by atoms with Gasteiger partial charge in [0.15, 0.2) is 5.78 Å². The molecular formula is C27H16Cl2FN3O2. The van der Waals surface area contributed by atoms with E-state index in [9.17, 15) is 9.18 Å². The van der Waals surface area contributed by atoms with E-state index in [2.05, 4.69) is 15.0 Å². The number of halogens is 3. The predicted molar refractivity (Wildman–Crippen MR) is 133 cm³/mol. The minimum Gasteiger partial charge on any atom is -0.487 e. The van der Waals surface area contributed by atoms with E-state index in [1.54, 1.807) is 61.1 Å². The Hall–Kier alpha value is -3.87. The van der Waals surface area contributed by atoms with E-state index < -0.39 is 11.6 Å². The Morgan fingerprint density at radius 2 is 1.83 bits per heavy atom. The molecule has 8 heteroatoms. The predicted octanol–water partition coefficient (Wildman–Crippen LogP) is 6.95. The van der Waals surface area contributed by atoms with Crippen LogP contribution in [0.5, 0.6) is 5.75 Å². The summed E-state index contributed by atoms with van der Waals surface area (Å²) in [6.45, 7) is 0.155. The quantitative estimate of drug-likeness (QED) is 0.234. The number of ether oxygens (including phenoxy) is 1. The van der Waals surface area contributed by atoms with Crippen LogP contribution in [-0.4, -0.2) is 20.7 Å². The zero-order chi connectivity index (χ0) is 24.4. The van der Waals surface area contributed by atoms with Gasteiger partial charge in [-0.15, -0.1) is 0 Å². The average molecular weight is 504 g/mol. The number of pyridine rings is 1. The van der Waals surface area contributed by atoms with Crippen molar-refractivity contribution < 1.29 is 13.9 Å². The van der Waals surface area contributed by atoms with Gasteiger partial charge in [-0.05, 0) is 60.2 Å². The maximum Gasteiger partial charge on any atom is 0.197 e. The first-order chi connectivity index (χ1) is 17.0. The van der Waals surface area contributed by atoms with Gasteiger partial charge in [0.1, 0.15) is 18.2 Å². The van der Waals surface area contributed by atoms with Crippen LogP contribution in [0.1, 0.15) is 21.5 Å². The minimum absolute atomic E-state index is 0.104. The Morgan fingerprint density at radius 1 is 0.943 bits per heavy atom. The van der Waals surface area contributed by atoms with Crippen molar-refractivity contribution in [1.29, 1.82) is 0 Å². The van der Waals surface area contributed by atoms with Gasteiger partial charge in [0, 0.05) is 28.5 Å². The molecular weight excluding hydrogens is 488 g/mol. The van der Waals surface area contributed by atoms with E-state index in [0.717, 1.165) is 17.2 Å². The molecule has 0 aliphatic rings. The summed E-state index contributed by atoms with van der Waals surface area (Å²) in [7, 11) is 0. The lowest BCUT2D eigenvalue weighted by atomic mass is 10.0. The second kappa shape index (κ2) is 9.78. The summed E-state index contributed by atoms with van der Waals surface area (Å²) in [5.74, 6) is -1.14. The molecule has 0 saturated carbocycles. The third-order valence-corrected chi connectivity index (χ3v) is 5.94. The fourth-order valence-corrected chi connectivity index (χ4v) is 4.10. The number of hydrogen-bond acceptors (Lipinski definition) is 5. The van der Waals surface area contributed by atoms with Crippen LogP contribution in [0.3, 0.4) is 0 Å². The smallest absolute Gasteiger partial charge is 0.197 e. The van der Waals surface area contributed by atoms with Gasteiger partial charge in [0.25, 0.3) is 0 Å². The molecule has 0 amide bonds. The van der Waals surface area contributed by atoms with E-state index in [1.807, 2.05) is 12.1 Å². The van der Waals surface area contributed by atoms with Crippen molar-refractivity contribution in [3.63, 3.8) is 0 Å². The fourth-order valence-electron chi connectivity index (χ4n) is 3.59. The number of benzene rings is 3. The molecule has 0 bridgehead atoms. The van der Waals surface area contributed by atoms with E-state index in [1.165, 1.54) is 6.07 Å². The van der Waals surface area contributed by atoms with Gasteiger partial charge in [-0.25, -0.2) is 9.37 Å². The number of ketones is 1. The topological polar surface area (TPSA) is 65.0 Å². The van der Waals surface area contributed by atoms with Crippen molar-refractivity contribution >= 4 is 40.0 Å². The largest absolute Gasteiger partial charge is 0.487 e. The highest BCUT2D eigenvalue weighted by atomic mass is 35.5. The van der Waals surface area contributed by atoms with Crippen molar-refractivity contribution in [2.75, 3.05) is 0 Å². The van der Waals surface area contributed by atoms with Gasteiger partial charge < -0.3 is 4.74 Å². The lowest BCUT2D eigenvalue weighted by molar-refractivity contribution is 0.103. The van der Waals surface area contributed by atoms with E-state index >= 15 is 0 Å². The number of fused-ring (bicyclic) bond motifs is 1. The third kappa shape index (κ3) is 4.85. The van der Waals surface area contributed by atoms with Crippen LogP contribution in [0, 0.1) is 5.82 Å². The van der Waals surface area contributed by atoms with Gasteiger partial charge in [0.05, 0.1) is 33.5 Å². The summed E-state index contributed by atoms with van der Waals surface area (Å²) < 4.78 is 20.5. The fraction of sp³-hybridized carbons (Fsp3) is 0.0370. The molecule has 2 heterocycles. The van der Waals surface area contributed by atoms with Crippen molar-refractivity contribution in [2.45, 2.75) is 6.61 Å². The van der Waals surface area contributed by atoms with Crippen LogP contribution in [0.2, 0.25) is 10.0 Å². The second-order valence-corrected chi connectivity index (χ2v) is 8.50. The summed E-state index contributed by atoms with van der Waals surface area (Å²) in [6, 6.07) is 18.2. The summed E-state index contributed by atoms with van der Waals surface area (Å²) in [5.41, 5.74) is 3.24. The molecule has 0 aliphatic carbocycles. The number of hydrogen-bond donors (Lipinski definition) is 0. The van der Waals surface area contributed by atoms with Crippen LogP contribution in [0.25, 0.3) is 22.3 Å². The van der Waals surface area contributed by atoms with Crippen molar-refractivity contribution in [2.24, 2.45) is 0 Å². The average Bonchev–Trinajstić information content (AvgIpc) is 2.88. The zero-order valence-electron chi connectivity index (χ0n) is 18.1. The van der Waals surface area contributed by atoms with Crippen molar-refractivity contribution in [3.8, 4) is 17.0 Å². The van der Waals surface area contributed by atoms with Crippen molar-refractivity contribution in [3.05, 3.63) is 118 Å². The van der Waals surface area contributed by atoms with Gasteiger partial charge in [0.2, 0.25) is 0 Å². The number of aromatic nitrogens is 3. The molecule has 0 spiro atoms. The molecule has 0 unspecified atom stereocenters. The third-order valence-electron chi connectivity index (χ3n) is 5.33. The van der Waals surface area contributed by atoms with Gasteiger partial charge in [-0.3, -0.25) is 14.8 Å². The normalized spacial score (nSPS) is 10.9. The molecule has 0 atom stereocenters. The molecule has 0 fully saturated rings. The highest BCUT2D eigenvalue weighted by Gasteiger charge is 2.22. The summed E-state index contributed by atoms with van der Waals surface area (Å²) >= 11 is 12.4. The first-order valence-corrected chi connectivity index (χ1v) is 11.3. The number of rotatable bonds is 6. The number of carbonyl (C=O) groups is 1. The lowest BCUT2D eigenvalue weighted by Crippen LogP contribution is -2.07.